The Balaban J connectivity index is 1.79. The van der Waals surface area contributed by atoms with Gasteiger partial charge >= 0.3 is 0 Å². The molecule has 0 aromatic heterocycles. The summed E-state index contributed by atoms with van der Waals surface area (Å²) >= 11 is 0. The van der Waals surface area contributed by atoms with E-state index in [-0.39, 0.29) is 0 Å². The van der Waals surface area contributed by atoms with Crippen LogP contribution >= 0.6 is 0 Å². The molecule has 0 spiro atoms. The largest absolute Gasteiger partial charge is 0.497 e. The van der Waals surface area contributed by atoms with Gasteiger partial charge in [0, 0.05) is 16.5 Å². The van der Waals surface area contributed by atoms with Crippen LogP contribution in [0.2, 0.25) is 0 Å². The van der Waals surface area contributed by atoms with Crippen LogP contribution in [0, 0.1) is 0 Å². The standard InChI is InChI=1S/C31H30N2O/c1-19(2)24-11-8-12-25(20(3)4)29(24)33-31-27-14-7-10-21-9-6-13-26(28(21)27)30(31)32-22-15-17-23(34-5)18-16-22/h6-20H,1-5H3. The monoisotopic (exact) mass is 446 g/mol. The SMILES string of the molecule is COc1ccc(N=C2C(=Nc3c(C(C)C)cccc3C(C)C)c3cccc4cccc2c34)cc1. The average Bonchev–Trinajstić information content (AvgIpc) is 3.13. The minimum atomic E-state index is 0.375. The summed E-state index contributed by atoms with van der Waals surface area (Å²) in [7, 11) is 1.68. The van der Waals surface area contributed by atoms with Gasteiger partial charge in [0.2, 0.25) is 0 Å². The van der Waals surface area contributed by atoms with Crippen LogP contribution in [-0.4, -0.2) is 18.5 Å². The summed E-state index contributed by atoms with van der Waals surface area (Å²) in [5.74, 6) is 1.57. The van der Waals surface area contributed by atoms with Crippen molar-refractivity contribution in [1.29, 1.82) is 0 Å². The first-order valence-corrected chi connectivity index (χ1v) is 11.9. The number of ether oxygens (including phenoxy) is 1. The van der Waals surface area contributed by atoms with Gasteiger partial charge in [-0.15, -0.1) is 0 Å². The second-order valence-electron chi connectivity index (χ2n) is 9.42. The lowest BCUT2D eigenvalue weighted by molar-refractivity contribution is 0.415. The van der Waals surface area contributed by atoms with Gasteiger partial charge in [-0.3, -0.25) is 0 Å². The Bertz CT molecular complexity index is 1390. The first-order chi connectivity index (χ1) is 16.5. The smallest absolute Gasteiger partial charge is 0.119 e. The zero-order valence-electron chi connectivity index (χ0n) is 20.5. The van der Waals surface area contributed by atoms with Crippen molar-refractivity contribution in [3.05, 3.63) is 101 Å². The minimum Gasteiger partial charge on any atom is -0.497 e. The highest BCUT2D eigenvalue weighted by Gasteiger charge is 2.28. The van der Waals surface area contributed by atoms with Gasteiger partial charge in [0.15, 0.2) is 0 Å². The number of rotatable bonds is 5. The summed E-state index contributed by atoms with van der Waals surface area (Å²) in [6, 6.07) is 27.3. The molecule has 170 valence electrons. The van der Waals surface area contributed by atoms with Crippen molar-refractivity contribution in [3.63, 3.8) is 0 Å². The van der Waals surface area contributed by atoms with Crippen molar-refractivity contribution in [1.82, 2.24) is 0 Å². The molecule has 34 heavy (non-hydrogen) atoms. The van der Waals surface area contributed by atoms with E-state index in [0.29, 0.717) is 11.8 Å². The summed E-state index contributed by atoms with van der Waals surface area (Å²) in [6.07, 6.45) is 0. The van der Waals surface area contributed by atoms with Crippen LogP contribution in [0.1, 0.15) is 61.8 Å². The van der Waals surface area contributed by atoms with E-state index in [4.69, 9.17) is 14.7 Å². The molecule has 1 aliphatic carbocycles. The molecular weight excluding hydrogens is 416 g/mol. The Labute approximate surface area is 201 Å². The molecule has 5 rings (SSSR count). The van der Waals surface area contributed by atoms with E-state index >= 15 is 0 Å². The molecule has 0 heterocycles. The van der Waals surface area contributed by atoms with Crippen molar-refractivity contribution in [2.75, 3.05) is 7.11 Å². The number of methoxy groups -OCH3 is 1. The molecule has 1 aliphatic rings. The first kappa shape index (κ1) is 22.1. The van der Waals surface area contributed by atoms with E-state index < -0.39 is 0 Å². The molecule has 0 bridgehead atoms. The third kappa shape index (κ3) is 3.81. The molecule has 0 fully saturated rings. The number of para-hydroxylation sites is 1. The summed E-state index contributed by atoms with van der Waals surface area (Å²) in [6.45, 7) is 8.94. The lowest BCUT2D eigenvalue weighted by Gasteiger charge is -2.17. The number of hydrogen-bond acceptors (Lipinski definition) is 3. The van der Waals surface area contributed by atoms with Crippen molar-refractivity contribution in [2.45, 2.75) is 39.5 Å². The van der Waals surface area contributed by atoms with E-state index in [0.717, 1.165) is 39.7 Å². The van der Waals surface area contributed by atoms with E-state index in [2.05, 4.69) is 82.3 Å². The van der Waals surface area contributed by atoms with Crippen LogP contribution in [0.5, 0.6) is 5.75 Å². The molecule has 3 heteroatoms. The Kier molecular flexibility index (Phi) is 5.79. The molecule has 0 radical (unpaired) electrons. The fraction of sp³-hybridized carbons (Fsp3) is 0.226. The van der Waals surface area contributed by atoms with Gasteiger partial charge in [-0.1, -0.05) is 82.3 Å². The normalized spacial score (nSPS) is 15.3. The number of hydrogen-bond donors (Lipinski definition) is 0. The molecule has 3 nitrogen and oxygen atoms in total. The van der Waals surface area contributed by atoms with Crippen LogP contribution in [0.15, 0.2) is 88.8 Å². The highest BCUT2D eigenvalue weighted by atomic mass is 16.5. The van der Waals surface area contributed by atoms with Crippen molar-refractivity contribution >= 4 is 33.6 Å². The van der Waals surface area contributed by atoms with Crippen molar-refractivity contribution in [3.8, 4) is 5.75 Å². The van der Waals surface area contributed by atoms with Crippen LogP contribution < -0.4 is 4.74 Å². The third-order valence-corrected chi connectivity index (χ3v) is 6.52. The number of benzene rings is 4. The molecule has 4 aromatic rings. The second kappa shape index (κ2) is 8.90. The van der Waals surface area contributed by atoms with Crippen LogP contribution in [0.3, 0.4) is 0 Å². The quantitative estimate of drug-likeness (QED) is 0.303. The number of nitrogens with zero attached hydrogens (tertiary/aromatic N) is 2. The van der Waals surface area contributed by atoms with E-state index in [9.17, 15) is 0 Å². The highest BCUT2D eigenvalue weighted by Crippen LogP contribution is 2.39. The maximum absolute atomic E-state index is 5.41. The first-order valence-electron chi connectivity index (χ1n) is 11.9. The van der Waals surface area contributed by atoms with Gasteiger partial charge < -0.3 is 4.74 Å². The molecule has 0 saturated heterocycles. The highest BCUT2D eigenvalue weighted by molar-refractivity contribution is 6.61. The Morgan fingerprint density at radius 1 is 0.618 bits per heavy atom. The molecular formula is C31H30N2O. The maximum atomic E-state index is 5.41. The van der Waals surface area contributed by atoms with Crippen LogP contribution in [-0.2, 0) is 0 Å². The zero-order chi connectivity index (χ0) is 23.8. The second-order valence-corrected chi connectivity index (χ2v) is 9.42. The summed E-state index contributed by atoms with van der Waals surface area (Å²) < 4.78 is 5.34. The topological polar surface area (TPSA) is 34.0 Å². The molecule has 0 N–H and O–H groups in total. The van der Waals surface area contributed by atoms with Gasteiger partial charge in [-0.25, -0.2) is 9.98 Å². The summed E-state index contributed by atoms with van der Waals surface area (Å²) in [4.78, 5) is 10.5. The van der Waals surface area contributed by atoms with Crippen LogP contribution in [0.25, 0.3) is 10.8 Å². The average molecular weight is 447 g/mol. The predicted molar refractivity (Wildman–Crippen MR) is 144 cm³/mol. The Morgan fingerprint density at radius 3 is 1.68 bits per heavy atom. The molecule has 0 unspecified atom stereocenters. The van der Waals surface area contributed by atoms with Gasteiger partial charge in [0.25, 0.3) is 0 Å². The summed E-state index contributed by atoms with van der Waals surface area (Å²) in [5, 5.41) is 2.44. The van der Waals surface area contributed by atoms with E-state index in [1.165, 1.54) is 21.9 Å². The van der Waals surface area contributed by atoms with E-state index in [1.807, 2.05) is 24.3 Å². The van der Waals surface area contributed by atoms with Crippen molar-refractivity contribution < 1.29 is 4.74 Å². The maximum Gasteiger partial charge on any atom is 0.119 e. The minimum absolute atomic E-state index is 0.375. The van der Waals surface area contributed by atoms with Crippen molar-refractivity contribution in [2.24, 2.45) is 9.98 Å². The predicted octanol–water partition coefficient (Wildman–Crippen LogP) is 8.35. The van der Waals surface area contributed by atoms with Gasteiger partial charge in [0.1, 0.15) is 5.75 Å². The fourth-order valence-electron chi connectivity index (χ4n) is 4.76. The Hall–Kier alpha value is -3.72. The molecule has 4 aromatic carbocycles. The molecule has 0 saturated carbocycles. The third-order valence-electron chi connectivity index (χ3n) is 6.52. The molecule has 0 aliphatic heterocycles. The van der Waals surface area contributed by atoms with E-state index in [1.54, 1.807) is 7.11 Å². The van der Waals surface area contributed by atoms with Gasteiger partial charge in [0.05, 0.1) is 29.9 Å². The lowest BCUT2D eigenvalue weighted by Crippen LogP contribution is -2.11. The fourth-order valence-corrected chi connectivity index (χ4v) is 4.76. The zero-order valence-corrected chi connectivity index (χ0v) is 20.5. The molecule has 0 amide bonds. The lowest BCUT2D eigenvalue weighted by atomic mass is 9.92. The number of aliphatic imine (C=N–C) groups is 2. The van der Waals surface area contributed by atoms with Crippen LogP contribution in [0.4, 0.5) is 11.4 Å². The van der Waals surface area contributed by atoms with Gasteiger partial charge in [-0.05, 0) is 52.6 Å². The summed E-state index contributed by atoms with van der Waals surface area (Å²) in [5.41, 5.74) is 8.65. The Morgan fingerprint density at radius 2 is 1.15 bits per heavy atom. The molecule has 0 atom stereocenters. The van der Waals surface area contributed by atoms with Gasteiger partial charge in [-0.2, -0.15) is 0 Å².